The number of esters is 1. The third-order valence-electron chi connectivity index (χ3n) is 16.4. The molecule has 1 fully saturated rings. The molecule has 3 heterocycles. The van der Waals surface area contributed by atoms with Gasteiger partial charge in [-0.2, -0.15) is 0 Å². The summed E-state index contributed by atoms with van der Waals surface area (Å²) < 4.78 is 5.92. The number of cyclic esters (lactones) is 1. The van der Waals surface area contributed by atoms with Crippen molar-refractivity contribution >= 4 is 117 Å². The van der Waals surface area contributed by atoms with Crippen LogP contribution < -0.4 is 58.5 Å². The molecule has 1 aliphatic rings. The maximum absolute atomic E-state index is 15.3. The number of para-hydroxylation sites is 2. The van der Waals surface area contributed by atoms with Gasteiger partial charge in [-0.05, 0) is 55.5 Å². The quantitative estimate of drug-likeness (QED) is 0.0214. The molecule has 3 aromatic carbocycles. The Kier molecular flexibility index (Phi) is 30.1. The van der Waals surface area contributed by atoms with Crippen molar-refractivity contribution in [2.24, 2.45) is 0 Å². The van der Waals surface area contributed by atoms with Crippen LogP contribution in [0.3, 0.4) is 0 Å². The fourth-order valence-electron chi connectivity index (χ4n) is 10.9. The summed E-state index contributed by atoms with van der Waals surface area (Å²) in [6, 6.07) is -1.47. The highest BCUT2D eigenvalue weighted by molar-refractivity contribution is 6.02. The Bertz CT molecular complexity index is 3940. The lowest BCUT2D eigenvalue weighted by Gasteiger charge is -2.30. The number of ether oxygens (including phenoxy) is 1. The Morgan fingerprint density at radius 2 is 0.893 bits per heavy atom. The van der Waals surface area contributed by atoms with Crippen molar-refractivity contribution in [3.63, 3.8) is 0 Å². The van der Waals surface area contributed by atoms with Gasteiger partial charge in [0.2, 0.25) is 65.0 Å². The van der Waals surface area contributed by atoms with Gasteiger partial charge in [0.1, 0.15) is 72.6 Å². The number of fused-ring (bicyclic) bond motifs is 2. The van der Waals surface area contributed by atoms with Crippen LogP contribution >= 0.6 is 0 Å². The molecule has 103 heavy (non-hydrogen) atoms. The second-order valence-electron chi connectivity index (χ2n) is 24.3. The predicted octanol–water partition coefficient (Wildman–Crippen LogP) is -3.17. The number of hydrogen-bond donors (Lipinski definition) is 19. The van der Waals surface area contributed by atoms with Crippen molar-refractivity contribution < 1.29 is 112 Å². The fourth-order valence-corrected chi connectivity index (χ4v) is 10.9. The summed E-state index contributed by atoms with van der Waals surface area (Å²) in [6.07, 6.45) is -4.45. The summed E-state index contributed by atoms with van der Waals surface area (Å²) in [4.78, 5) is 228. The van der Waals surface area contributed by atoms with Crippen molar-refractivity contribution in [3.8, 4) is 0 Å². The Balaban J connectivity index is 1.51. The number of benzene rings is 3. The van der Waals surface area contributed by atoms with Crippen LogP contribution in [0.15, 0.2) is 91.3 Å². The third kappa shape index (κ3) is 24.2. The molecule has 6 rings (SSSR count). The van der Waals surface area contributed by atoms with Crippen molar-refractivity contribution in [2.45, 2.75) is 170 Å². The van der Waals surface area contributed by atoms with E-state index in [-0.39, 0.29) is 12.0 Å². The lowest BCUT2D eigenvalue weighted by atomic mass is 10.0. The number of carboxylic acids is 4. The van der Waals surface area contributed by atoms with Gasteiger partial charge in [0.15, 0.2) is 0 Å². The van der Waals surface area contributed by atoms with Gasteiger partial charge in [-0.1, -0.05) is 86.5 Å². The van der Waals surface area contributed by atoms with E-state index in [0.717, 1.165) is 13.8 Å². The number of hydrogen-bond acceptors (Lipinski definition) is 19. The average molecular weight is 1440 g/mol. The number of carboxylic acid groups (broad SMARTS) is 4. The Hall–Kier alpha value is -11.8. The van der Waals surface area contributed by atoms with Crippen molar-refractivity contribution in [1.29, 1.82) is 0 Å². The molecule has 0 aliphatic carbocycles. The van der Waals surface area contributed by atoms with Crippen molar-refractivity contribution in [2.75, 3.05) is 13.2 Å². The van der Waals surface area contributed by atoms with Gasteiger partial charge < -0.3 is 104 Å². The molecule has 36 heteroatoms. The first kappa shape index (κ1) is 80.2. The summed E-state index contributed by atoms with van der Waals surface area (Å²) in [5.41, 5.74) is 1.91. The maximum atomic E-state index is 15.3. The molecular formula is C67H83N13O23. The van der Waals surface area contributed by atoms with Crippen LogP contribution in [0, 0.1) is 0 Å². The number of aliphatic carboxylic acids is 4. The molecule has 1 saturated heterocycles. The number of rotatable bonds is 24. The van der Waals surface area contributed by atoms with E-state index < -0.39 is 232 Å². The minimum Gasteiger partial charge on any atom is -0.481 e. The minimum absolute atomic E-state index is 0.108. The number of aliphatic hydroxyl groups is 2. The minimum atomic E-state index is -2.28. The number of amides is 11. The summed E-state index contributed by atoms with van der Waals surface area (Å²) in [7, 11) is 0. The Labute approximate surface area is 586 Å². The smallest absolute Gasteiger partial charge is 0.329 e. The van der Waals surface area contributed by atoms with E-state index in [9.17, 15) is 97.8 Å². The zero-order chi connectivity index (χ0) is 75.6. The van der Waals surface area contributed by atoms with Gasteiger partial charge in [-0.15, -0.1) is 0 Å². The number of carbonyl (C=O) groups is 16. The number of unbranched alkanes of at least 4 members (excludes halogenated alkanes) is 2. The summed E-state index contributed by atoms with van der Waals surface area (Å²) in [5, 5.41) is 86.7. The molecule has 36 nitrogen and oxygen atoms in total. The van der Waals surface area contributed by atoms with Gasteiger partial charge >= 0.3 is 29.8 Å². The summed E-state index contributed by atoms with van der Waals surface area (Å²) >= 11 is 0. The highest BCUT2D eigenvalue weighted by atomic mass is 16.5. The van der Waals surface area contributed by atoms with E-state index in [2.05, 4.69) is 68.5 Å². The first-order valence-electron chi connectivity index (χ1n) is 32.8. The topological polar surface area (TPSA) is 568 Å². The van der Waals surface area contributed by atoms with E-state index >= 15 is 9.59 Å². The Morgan fingerprint density at radius 3 is 1.40 bits per heavy atom. The second-order valence-corrected chi connectivity index (χ2v) is 24.3. The number of aromatic amines is 2. The number of aliphatic hydroxyl groups excluding tert-OH is 2. The zero-order valence-corrected chi connectivity index (χ0v) is 56.1. The molecule has 5 unspecified atom stereocenters. The van der Waals surface area contributed by atoms with Crippen LogP contribution in [-0.2, 0) is 101 Å². The van der Waals surface area contributed by atoms with Gasteiger partial charge in [0, 0.05) is 66.3 Å². The molecule has 0 spiro atoms. The standard InChI is InChI=1S/C67H83N13O23/c1-4-5-7-20-51(83)71-49(31-81)65(100)80-56-34(3)103-67(102)48(25-37-30-69-41-19-13-11-17-39(37)41)78-58(93)42(21-22-52(84)85)72-64(99)50(32-82)79-57(92)33(2)70-59(94)45(26-53(86)87)74-60(95)43(23-35-14-8-6-9-15-35)73-62(97)46(27-54(88)89)76-63(98)47(28-55(90)91)75-61(96)44(77-66(56)101)24-36-29-68-40-18-12-10-16-38(36)40/h6,8-19,29-30,33-34,42-50,56,68-69,81-82H,4-5,7,20-28,31-32H2,1-3H3,(H,70,94)(H,71,83)(H,72,99)(H,73,97)(H,74,95)(H,75,96)(H,76,98)(H,77,101)(H,78,93)(H,79,92)(H,80,100)(H,84,85)(H,86,87)(H,88,89)(H,90,91)/t33-,34?,42?,43+,44?,45-,46?,47-,48-,49-,50+,56?/m0/s1. The molecule has 12 atom stereocenters. The molecule has 1 aliphatic heterocycles. The molecular weight excluding hydrogens is 1350 g/mol. The largest absolute Gasteiger partial charge is 0.481 e. The highest BCUT2D eigenvalue weighted by Gasteiger charge is 2.41. The van der Waals surface area contributed by atoms with E-state index in [1.165, 1.54) is 36.7 Å². The van der Waals surface area contributed by atoms with E-state index in [4.69, 9.17) is 4.74 Å². The van der Waals surface area contributed by atoms with E-state index in [1.54, 1.807) is 54.6 Å². The van der Waals surface area contributed by atoms with Gasteiger partial charge in [-0.25, -0.2) is 4.79 Å². The molecule has 5 aromatic rings. The molecule has 554 valence electrons. The van der Waals surface area contributed by atoms with E-state index in [0.29, 0.717) is 52.2 Å². The predicted molar refractivity (Wildman–Crippen MR) is 359 cm³/mol. The molecule has 0 saturated carbocycles. The third-order valence-corrected chi connectivity index (χ3v) is 16.4. The average Bonchev–Trinajstić information content (AvgIpc) is 1.74. The first-order chi connectivity index (χ1) is 49.0. The summed E-state index contributed by atoms with van der Waals surface area (Å²) in [6.45, 7) is 1.63. The molecule has 11 amide bonds. The summed E-state index contributed by atoms with van der Waals surface area (Å²) in [5.74, 6) is -22.5. The SMILES string of the molecule is CCCCCC(=O)N[C@@H](CO)C(=O)NC1C(=O)NC(Cc2c[nH]c3ccccc23)C(=O)N[C@@H](CC(=O)O)C(=O)NC(CC(=O)O)C(=O)N[C@H](Cc2ccccc2)C(=O)N[C@@H](CC(=O)O)C(=O)N[C@@H](C)C(=O)N[C@H](CO)C(=O)NC(CCC(=O)O)C(=O)N[C@@H](Cc2c[nH]c3ccccc23)C(=O)OC1C. The van der Waals surface area contributed by atoms with Crippen LogP contribution in [0.25, 0.3) is 21.8 Å². The lowest BCUT2D eigenvalue weighted by molar-refractivity contribution is -0.156. The van der Waals surface area contributed by atoms with Crippen molar-refractivity contribution in [3.05, 3.63) is 108 Å². The van der Waals surface area contributed by atoms with Crippen LogP contribution in [0.1, 0.15) is 95.2 Å². The monoisotopic (exact) mass is 1440 g/mol. The molecule has 19 N–H and O–H groups in total. The molecule has 0 bridgehead atoms. The van der Waals surface area contributed by atoms with Crippen LogP contribution in [0.4, 0.5) is 0 Å². The van der Waals surface area contributed by atoms with Crippen molar-refractivity contribution in [1.82, 2.24) is 68.5 Å². The zero-order valence-electron chi connectivity index (χ0n) is 56.1. The highest BCUT2D eigenvalue weighted by Crippen LogP contribution is 2.22. The van der Waals surface area contributed by atoms with Crippen LogP contribution in [0.2, 0.25) is 0 Å². The van der Waals surface area contributed by atoms with Crippen LogP contribution in [-0.4, -0.2) is 221 Å². The number of nitrogens with one attached hydrogen (secondary N) is 13. The number of carbonyl (C=O) groups excluding carboxylic acids is 12. The van der Waals surface area contributed by atoms with Gasteiger partial charge in [0.05, 0.1) is 32.5 Å². The second kappa shape index (κ2) is 38.7. The van der Waals surface area contributed by atoms with E-state index in [1.807, 2.05) is 6.92 Å². The van der Waals surface area contributed by atoms with Crippen LogP contribution in [0.5, 0.6) is 0 Å². The lowest BCUT2D eigenvalue weighted by Crippen LogP contribution is -2.62. The first-order valence-corrected chi connectivity index (χ1v) is 32.8. The maximum Gasteiger partial charge on any atom is 0.329 e. The Morgan fingerprint density at radius 1 is 0.466 bits per heavy atom. The number of H-pyrrole nitrogens is 2. The van der Waals surface area contributed by atoms with Gasteiger partial charge in [-0.3, -0.25) is 71.9 Å². The fraction of sp³-hybridized carbons (Fsp3) is 0.433. The molecule has 0 radical (unpaired) electrons. The number of aromatic nitrogens is 2. The normalized spacial score (nSPS) is 23.0. The van der Waals surface area contributed by atoms with Gasteiger partial charge in [0.25, 0.3) is 0 Å². The molecule has 2 aromatic heterocycles.